The van der Waals surface area contributed by atoms with Crippen LogP contribution in [0.1, 0.15) is 40.0 Å². The van der Waals surface area contributed by atoms with E-state index in [0.29, 0.717) is 11.7 Å². The summed E-state index contributed by atoms with van der Waals surface area (Å²) in [7, 11) is 4.19. The van der Waals surface area contributed by atoms with Crippen LogP contribution in [0.4, 0.5) is 0 Å². The molecule has 0 aromatic rings. The molecule has 0 saturated carbocycles. The third-order valence-electron chi connectivity index (χ3n) is 2.44. The first-order chi connectivity index (χ1) is 6.43. The summed E-state index contributed by atoms with van der Waals surface area (Å²) in [6.07, 6.45) is 2.97. The number of rotatable bonds is 7. The molecule has 0 fully saturated rings. The van der Waals surface area contributed by atoms with E-state index in [0.717, 1.165) is 25.8 Å². The molecule has 0 amide bonds. The van der Waals surface area contributed by atoms with Crippen LogP contribution in [0.5, 0.6) is 0 Å². The monoisotopic (exact) mass is 199 g/mol. The predicted molar refractivity (Wildman–Crippen MR) is 61.4 cm³/mol. The highest BCUT2D eigenvalue weighted by molar-refractivity contribution is 5.80. The van der Waals surface area contributed by atoms with Crippen LogP contribution in [-0.4, -0.2) is 31.3 Å². The second kappa shape index (κ2) is 6.99. The van der Waals surface area contributed by atoms with Gasteiger partial charge in [0.1, 0.15) is 5.78 Å². The number of Topliss-reactive ketones (excluding diaryl/α,β-unsaturated/α-hetero) is 1. The zero-order valence-electron chi connectivity index (χ0n) is 10.3. The van der Waals surface area contributed by atoms with E-state index in [2.05, 4.69) is 25.9 Å². The molecule has 0 aromatic heterocycles. The molecule has 84 valence electrons. The Bertz CT molecular complexity index is 164. The molecule has 1 unspecified atom stereocenters. The van der Waals surface area contributed by atoms with Crippen molar-refractivity contribution < 1.29 is 4.79 Å². The average Bonchev–Trinajstić information content (AvgIpc) is 2.02. The summed E-state index contributed by atoms with van der Waals surface area (Å²) in [6.45, 7) is 7.33. The highest BCUT2D eigenvalue weighted by Gasteiger charge is 2.08. The maximum atomic E-state index is 11.3. The van der Waals surface area contributed by atoms with Crippen molar-refractivity contribution in [3.8, 4) is 0 Å². The first-order valence-electron chi connectivity index (χ1n) is 5.61. The molecule has 0 spiro atoms. The smallest absolute Gasteiger partial charge is 0.135 e. The fraction of sp³-hybridized carbons (Fsp3) is 0.917. The highest BCUT2D eigenvalue weighted by Crippen LogP contribution is 2.11. The Morgan fingerprint density at radius 1 is 1.21 bits per heavy atom. The molecule has 2 heteroatoms. The van der Waals surface area contributed by atoms with Gasteiger partial charge in [0.15, 0.2) is 0 Å². The van der Waals surface area contributed by atoms with Gasteiger partial charge in [0, 0.05) is 18.9 Å². The molecular formula is C12H25NO. The summed E-state index contributed by atoms with van der Waals surface area (Å²) in [6, 6.07) is 0. The van der Waals surface area contributed by atoms with Gasteiger partial charge in [0.2, 0.25) is 0 Å². The van der Waals surface area contributed by atoms with Crippen molar-refractivity contribution >= 4 is 5.78 Å². The van der Waals surface area contributed by atoms with Crippen molar-refractivity contribution in [2.45, 2.75) is 40.0 Å². The van der Waals surface area contributed by atoms with E-state index in [1.54, 1.807) is 0 Å². The number of hydrogen-bond donors (Lipinski definition) is 0. The van der Waals surface area contributed by atoms with Gasteiger partial charge in [0.05, 0.1) is 0 Å². The third kappa shape index (κ3) is 7.07. The minimum Gasteiger partial charge on any atom is -0.309 e. The van der Waals surface area contributed by atoms with E-state index >= 15 is 0 Å². The molecule has 0 radical (unpaired) electrons. The van der Waals surface area contributed by atoms with Gasteiger partial charge in [0.25, 0.3) is 0 Å². The third-order valence-corrected chi connectivity index (χ3v) is 2.44. The molecule has 14 heavy (non-hydrogen) atoms. The zero-order chi connectivity index (χ0) is 11.1. The molecule has 0 N–H and O–H groups in total. The highest BCUT2D eigenvalue weighted by atomic mass is 16.1. The number of carbonyl (C=O) groups is 1. The lowest BCUT2D eigenvalue weighted by molar-refractivity contribution is -0.122. The Morgan fingerprint density at radius 2 is 1.79 bits per heavy atom. The van der Waals surface area contributed by atoms with E-state index in [-0.39, 0.29) is 5.92 Å². The molecule has 0 saturated heterocycles. The van der Waals surface area contributed by atoms with Crippen LogP contribution in [0, 0.1) is 11.8 Å². The predicted octanol–water partition coefficient (Wildman–Crippen LogP) is 2.58. The SMILES string of the molecule is CC(CCCC(=O)C(C)C)CN(C)C. The van der Waals surface area contributed by atoms with Gasteiger partial charge in [-0.15, -0.1) is 0 Å². The van der Waals surface area contributed by atoms with E-state index in [4.69, 9.17) is 0 Å². The number of hydrogen-bond acceptors (Lipinski definition) is 2. The maximum absolute atomic E-state index is 11.3. The lowest BCUT2D eigenvalue weighted by Crippen LogP contribution is -2.20. The Balaban J connectivity index is 3.49. The van der Waals surface area contributed by atoms with Crippen LogP contribution in [0.15, 0.2) is 0 Å². The van der Waals surface area contributed by atoms with Crippen molar-refractivity contribution in [2.75, 3.05) is 20.6 Å². The van der Waals surface area contributed by atoms with Gasteiger partial charge >= 0.3 is 0 Å². The average molecular weight is 199 g/mol. The Hall–Kier alpha value is -0.370. The Kier molecular flexibility index (Phi) is 6.81. The van der Waals surface area contributed by atoms with Gasteiger partial charge in [-0.1, -0.05) is 20.8 Å². The Labute approximate surface area is 88.7 Å². The van der Waals surface area contributed by atoms with Gasteiger partial charge in [-0.2, -0.15) is 0 Å². The van der Waals surface area contributed by atoms with Crippen molar-refractivity contribution in [1.29, 1.82) is 0 Å². The fourth-order valence-electron chi connectivity index (χ4n) is 1.63. The van der Waals surface area contributed by atoms with Crippen LogP contribution in [0.3, 0.4) is 0 Å². The van der Waals surface area contributed by atoms with Crippen molar-refractivity contribution in [3.63, 3.8) is 0 Å². The van der Waals surface area contributed by atoms with Crippen molar-refractivity contribution in [2.24, 2.45) is 11.8 Å². The van der Waals surface area contributed by atoms with Crippen LogP contribution in [0.2, 0.25) is 0 Å². The van der Waals surface area contributed by atoms with E-state index < -0.39 is 0 Å². The molecule has 0 bridgehead atoms. The molecule has 0 aliphatic carbocycles. The quantitative estimate of drug-likeness (QED) is 0.628. The Morgan fingerprint density at radius 3 is 2.21 bits per heavy atom. The van der Waals surface area contributed by atoms with E-state index in [1.165, 1.54) is 0 Å². The second-order valence-electron chi connectivity index (χ2n) is 4.88. The van der Waals surface area contributed by atoms with E-state index in [1.807, 2.05) is 13.8 Å². The van der Waals surface area contributed by atoms with Crippen molar-refractivity contribution in [3.05, 3.63) is 0 Å². The lowest BCUT2D eigenvalue weighted by atomic mass is 9.99. The second-order valence-corrected chi connectivity index (χ2v) is 4.88. The summed E-state index contributed by atoms with van der Waals surface area (Å²) in [4.78, 5) is 13.5. The number of nitrogens with zero attached hydrogens (tertiary/aromatic N) is 1. The maximum Gasteiger partial charge on any atom is 0.135 e. The molecular weight excluding hydrogens is 174 g/mol. The van der Waals surface area contributed by atoms with Crippen LogP contribution >= 0.6 is 0 Å². The molecule has 1 atom stereocenters. The van der Waals surface area contributed by atoms with Crippen LogP contribution < -0.4 is 0 Å². The van der Waals surface area contributed by atoms with Gasteiger partial charge in [-0.3, -0.25) is 4.79 Å². The molecule has 0 rings (SSSR count). The number of carbonyl (C=O) groups excluding carboxylic acids is 1. The molecule has 0 aromatic carbocycles. The summed E-state index contributed by atoms with van der Waals surface area (Å²) >= 11 is 0. The van der Waals surface area contributed by atoms with Gasteiger partial charge in [-0.05, 0) is 32.9 Å². The van der Waals surface area contributed by atoms with Crippen LogP contribution in [0.25, 0.3) is 0 Å². The largest absolute Gasteiger partial charge is 0.309 e. The molecule has 2 nitrogen and oxygen atoms in total. The first kappa shape index (κ1) is 13.6. The summed E-state index contributed by atoms with van der Waals surface area (Å²) < 4.78 is 0. The first-order valence-corrected chi connectivity index (χ1v) is 5.61. The zero-order valence-corrected chi connectivity index (χ0v) is 10.3. The van der Waals surface area contributed by atoms with Gasteiger partial charge < -0.3 is 4.90 Å². The normalized spacial score (nSPS) is 13.6. The van der Waals surface area contributed by atoms with Crippen LogP contribution in [-0.2, 0) is 4.79 Å². The number of ketones is 1. The molecule has 0 aliphatic rings. The fourth-order valence-corrected chi connectivity index (χ4v) is 1.63. The molecule has 0 heterocycles. The minimum atomic E-state index is 0.208. The minimum absolute atomic E-state index is 0.208. The lowest BCUT2D eigenvalue weighted by Gasteiger charge is -2.16. The topological polar surface area (TPSA) is 20.3 Å². The summed E-state index contributed by atoms with van der Waals surface area (Å²) in [5, 5.41) is 0. The summed E-state index contributed by atoms with van der Waals surface area (Å²) in [5.41, 5.74) is 0. The van der Waals surface area contributed by atoms with Gasteiger partial charge in [-0.25, -0.2) is 0 Å². The molecule has 0 aliphatic heterocycles. The van der Waals surface area contributed by atoms with Crippen molar-refractivity contribution in [1.82, 2.24) is 4.90 Å². The van der Waals surface area contributed by atoms with E-state index in [9.17, 15) is 4.79 Å². The standard InChI is InChI=1S/C12H25NO/c1-10(2)12(14)8-6-7-11(3)9-13(4)5/h10-11H,6-9H2,1-5H3. The summed E-state index contributed by atoms with van der Waals surface area (Å²) in [5.74, 6) is 1.31.